The quantitative estimate of drug-likeness (QED) is 0.683. The van der Waals surface area contributed by atoms with Gasteiger partial charge in [0.25, 0.3) is 0 Å². The summed E-state index contributed by atoms with van der Waals surface area (Å²) < 4.78 is 1.42. The summed E-state index contributed by atoms with van der Waals surface area (Å²) in [4.78, 5) is 11.6. The minimum absolute atomic E-state index is 0.0285. The van der Waals surface area contributed by atoms with E-state index in [1.54, 1.807) is 30.5 Å². The van der Waals surface area contributed by atoms with Gasteiger partial charge in [-0.1, -0.05) is 12.1 Å². The molecule has 4 N–H and O–H groups in total. The van der Waals surface area contributed by atoms with E-state index in [9.17, 15) is 9.90 Å². The fraction of sp³-hybridized carbons (Fsp3) is 0.0909. The summed E-state index contributed by atoms with van der Waals surface area (Å²) in [6.45, 7) is 0.0472. The van der Waals surface area contributed by atoms with E-state index in [1.807, 2.05) is 0 Å². The van der Waals surface area contributed by atoms with Crippen LogP contribution in [0.3, 0.4) is 0 Å². The van der Waals surface area contributed by atoms with Crippen LogP contribution < -0.4 is 11.1 Å². The zero-order valence-electron chi connectivity index (χ0n) is 9.00. The number of nitrogens with zero attached hydrogens (tertiary/aromatic N) is 2. The molecule has 0 bridgehead atoms. The van der Waals surface area contributed by atoms with E-state index in [0.29, 0.717) is 11.5 Å². The Hall–Kier alpha value is -2.50. The molecule has 0 atom stereocenters. The third-order valence-corrected chi connectivity index (χ3v) is 2.15. The van der Waals surface area contributed by atoms with Crippen LogP contribution in [0.2, 0.25) is 0 Å². The van der Waals surface area contributed by atoms with Crippen LogP contribution in [0.25, 0.3) is 0 Å². The van der Waals surface area contributed by atoms with Crippen molar-refractivity contribution in [1.29, 1.82) is 0 Å². The molecule has 17 heavy (non-hydrogen) atoms. The van der Waals surface area contributed by atoms with Gasteiger partial charge in [-0.15, -0.1) is 0 Å². The van der Waals surface area contributed by atoms with Gasteiger partial charge < -0.3 is 16.2 Å². The molecule has 0 spiro atoms. The number of phenolic OH excluding ortho intramolecular Hbond substituents is 1. The van der Waals surface area contributed by atoms with Gasteiger partial charge >= 0.3 is 0 Å². The average Bonchev–Trinajstić information content (AvgIpc) is 2.67. The zero-order chi connectivity index (χ0) is 12.3. The van der Waals surface area contributed by atoms with E-state index in [2.05, 4.69) is 10.4 Å². The minimum atomic E-state index is -0.283. The number of benzene rings is 1. The molecule has 1 aromatic carbocycles. The van der Waals surface area contributed by atoms with Gasteiger partial charge in [0.2, 0.25) is 5.91 Å². The van der Waals surface area contributed by atoms with Crippen molar-refractivity contribution in [1.82, 2.24) is 9.78 Å². The standard InChI is InChI=1S/C11H12N4O2/c12-10-5-6-15(14-10)7-11(17)13-8-3-1-2-4-9(8)16/h1-6,16H,7H2,(H2,12,14)(H,13,17). The minimum Gasteiger partial charge on any atom is -0.506 e. The van der Waals surface area contributed by atoms with Gasteiger partial charge in [0.15, 0.2) is 0 Å². The molecule has 0 aliphatic heterocycles. The molecular formula is C11H12N4O2. The number of rotatable bonds is 3. The molecule has 0 aliphatic rings. The lowest BCUT2D eigenvalue weighted by Crippen LogP contribution is -2.19. The second-order valence-corrected chi connectivity index (χ2v) is 3.50. The van der Waals surface area contributed by atoms with E-state index in [4.69, 9.17) is 5.73 Å². The third kappa shape index (κ3) is 2.75. The van der Waals surface area contributed by atoms with Crippen molar-refractivity contribution in [3.05, 3.63) is 36.5 Å². The summed E-state index contributed by atoms with van der Waals surface area (Å²) in [5, 5.41) is 15.9. The van der Waals surface area contributed by atoms with Crippen molar-refractivity contribution < 1.29 is 9.90 Å². The summed E-state index contributed by atoms with van der Waals surface area (Å²) in [7, 11) is 0. The normalized spacial score (nSPS) is 10.1. The van der Waals surface area contributed by atoms with Gasteiger partial charge in [0.1, 0.15) is 18.1 Å². The van der Waals surface area contributed by atoms with Crippen LogP contribution in [0.5, 0.6) is 5.75 Å². The number of para-hydroxylation sites is 2. The largest absolute Gasteiger partial charge is 0.506 e. The summed E-state index contributed by atoms with van der Waals surface area (Å²) in [5.74, 6) is 0.107. The van der Waals surface area contributed by atoms with Crippen LogP contribution in [0.4, 0.5) is 11.5 Å². The summed E-state index contributed by atoms with van der Waals surface area (Å²) >= 11 is 0. The molecular weight excluding hydrogens is 220 g/mol. The fourth-order valence-electron chi connectivity index (χ4n) is 1.38. The number of hydrogen-bond donors (Lipinski definition) is 3. The molecule has 0 aliphatic carbocycles. The number of phenols is 1. The number of nitrogen functional groups attached to an aromatic ring is 1. The predicted molar refractivity (Wildman–Crippen MR) is 63.4 cm³/mol. The lowest BCUT2D eigenvalue weighted by molar-refractivity contribution is -0.116. The van der Waals surface area contributed by atoms with Crippen molar-refractivity contribution >= 4 is 17.4 Å². The molecule has 6 heteroatoms. The Morgan fingerprint density at radius 3 is 2.82 bits per heavy atom. The number of amides is 1. The zero-order valence-corrected chi connectivity index (χ0v) is 9.00. The second-order valence-electron chi connectivity index (χ2n) is 3.50. The van der Waals surface area contributed by atoms with E-state index in [1.165, 1.54) is 10.7 Å². The molecule has 0 radical (unpaired) electrons. The van der Waals surface area contributed by atoms with E-state index in [-0.39, 0.29) is 18.2 Å². The van der Waals surface area contributed by atoms with Gasteiger partial charge in [0.05, 0.1) is 5.69 Å². The molecule has 0 unspecified atom stereocenters. The SMILES string of the molecule is Nc1ccn(CC(=O)Nc2ccccc2O)n1. The van der Waals surface area contributed by atoms with Gasteiger partial charge in [-0.2, -0.15) is 5.10 Å². The molecule has 1 amide bonds. The van der Waals surface area contributed by atoms with Crippen molar-refractivity contribution in [2.75, 3.05) is 11.1 Å². The lowest BCUT2D eigenvalue weighted by atomic mass is 10.3. The van der Waals surface area contributed by atoms with Crippen molar-refractivity contribution in [3.8, 4) is 5.75 Å². The third-order valence-electron chi connectivity index (χ3n) is 2.15. The highest BCUT2D eigenvalue weighted by molar-refractivity contribution is 5.91. The van der Waals surface area contributed by atoms with Crippen LogP contribution in [-0.2, 0) is 11.3 Å². The summed E-state index contributed by atoms with van der Waals surface area (Å²) in [5.41, 5.74) is 5.80. The fourth-order valence-corrected chi connectivity index (χ4v) is 1.38. The first-order valence-electron chi connectivity index (χ1n) is 5.02. The molecule has 6 nitrogen and oxygen atoms in total. The molecule has 0 saturated carbocycles. The van der Waals surface area contributed by atoms with E-state index < -0.39 is 0 Å². The molecule has 88 valence electrons. The topological polar surface area (TPSA) is 93.2 Å². The van der Waals surface area contributed by atoms with Crippen molar-refractivity contribution in [2.24, 2.45) is 0 Å². The molecule has 1 aromatic heterocycles. The maximum absolute atomic E-state index is 11.6. The highest BCUT2D eigenvalue weighted by Gasteiger charge is 2.06. The molecule has 2 rings (SSSR count). The van der Waals surface area contributed by atoms with Gasteiger partial charge in [-0.25, -0.2) is 0 Å². The predicted octanol–water partition coefficient (Wildman–Crippen LogP) is 0.810. The number of aromatic nitrogens is 2. The number of hydrogen-bond acceptors (Lipinski definition) is 4. The Morgan fingerprint density at radius 2 is 2.18 bits per heavy atom. The Morgan fingerprint density at radius 1 is 1.41 bits per heavy atom. The van der Waals surface area contributed by atoms with Crippen LogP contribution in [0, 0.1) is 0 Å². The Balaban J connectivity index is 2.01. The Labute approximate surface area is 97.7 Å². The summed E-state index contributed by atoms with van der Waals surface area (Å²) in [6, 6.07) is 8.12. The number of nitrogens with one attached hydrogen (secondary N) is 1. The molecule has 0 saturated heterocycles. The molecule has 2 aromatic rings. The first-order chi connectivity index (χ1) is 8.15. The smallest absolute Gasteiger partial charge is 0.246 e. The molecule has 1 heterocycles. The number of carbonyl (C=O) groups is 1. The van der Waals surface area contributed by atoms with Crippen LogP contribution in [-0.4, -0.2) is 20.8 Å². The van der Waals surface area contributed by atoms with E-state index in [0.717, 1.165) is 0 Å². The second kappa shape index (κ2) is 4.56. The number of carbonyl (C=O) groups excluding carboxylic acids is 1. The number of anilines is 2. The first kappa shape index (κ1) is 11.0. The first-order valence-corrected chi connectivity index (χ1v) is 5.02. The number of aromatic hydroxyl groups is 1. The summed E-state index contributed by atoms with van der Waals surface area (Å²) in [6.07, 6.45) is 1.61. The maximum atomic E-state index is 11.6. The highest BCUT2D eigenvalue weighted by atomic mass is 16.3. The van der Waals surface area contributed by atoms with Crippen LogP contribution >= 0.6 is 0 Å². The Bertz CT molecular complexity index is 536. The highest BCUT2D eigenvalue weighted by Crippen LogP contribution is 2.21. The number of nitrogens with two attached hydrogens (primary N) is 1. The van der Waals surface area contributed by atoms with Crippen LogP contribution in [0.1, 0.15) is 0 Å². The Kier molecular flexibility index (Phi) is 2.95. The average molecular weight is 232 g/mol. The van der Waals surface area contributed by atoms with Gasteiger partial charge in [-0.05, 0) is 18.2 Å². The van der Waals surface area contributed by atoms with E-state index >= 15 is 0 Å². The monoisotopic (exact) mass is 232 g/mol. The maximum Gasteiger partial charge on any atom is 0.246 e. The van der Waals surface area contributed by atoms with Crippen molar-refractivity contribution in [2.45, 2.75) is 6.54 Å². The van der Waals surface area contributed by atoms with Crippen LogP contribution in [0.15, 0.2) is 36.5 Å². The lowest BCUT2D eigenvalue weighted by Gasteiger charge is -2.06. The van der Waals surface area contributed by atoms with Crippen molar-refractivity contribution in [3.63, 3.8) is 0 Å². The van der Waals surface area contributed by atoms with Gasteiger partial charge in [-0.3, -0.25) is 9.48 Å². The van der Waals surface area contributed by atoms with Gasteiger partial charge in [0, 0.05) is 6.20 Å². The molecule has 0 fully saturated rings.